The second kappa shape index (κ2) is 25.1. The molecule has 1 aliphatic heterocycles. The highest BCUT2D eigenvalue weighted by Gasteiger charge is 2.36. The minimum absolute atomic E-state index is 0.0131. The highest BCUT2D eigenvalue weighted by atomic mass is 32.2. The lowest BCUT2D eigenvalue weighted by Crippen LogP contribution is -2.57. The summed E-state index contributed by atoms with van der Waals surface area (Å²) < 4.78 is 43.1. The largest absolute Gasteiger partial charge is 0.493 e. The van der Waals surface area contributed by atoms with Gasteiger partial charge in [0.15, 0.2) is 0 Å². The SMILES string of the molecule is CCOc1ccc2ccccc2c1C(=O)NC(Cc1ccc(CS(=O)(=O)O)c(C=O)c1)C(=O)NCC(=O)N1CCCC1C(=O)NC(C)C(=O)NC(CCCC(=O)OC)C(=O)NC(C(C)C)C(C)C. The van der Waals surface area contributed by atoms with E-state index >= 15 is 0 Å². The number of hydrogen-bond donors (Lipinski definition) is 6. The summed E-state index contributed by atoms with van der Waals surface area (Å²) >= 11 is 0. The number of amides is 6. The van der Waals surface area contributed by atoms with Crippen molar-refractivity contribution in [3.05, 3.63) is 76.9 Å². The standard InChI is InChI=1S/C48H64N6O13S/c1-8-67-39-21-20-32-13-9-10-14-35(32)42(39)48(62)52-37(24-31-18-19-33(27-68(63,64)65)34(23-31)26-55)45(59)49-25-40(56)54-22-12-16-38(54)47(61)50-30(6)44(58)51-36(15-11-17-41(57)66-7)46(60)53-43(28(2)3)29(4)5/h9-10,13-14,18-21,23,26,28-30,36-38,43H,8,11-12,15-17,22,24-25,27H2,1-7H3,(H,49,59)(H,50,61)(H,51,58)(H,52,62)(H,53,60)(H,63,64,65). The average molecular weight is 965 g/mol. The summed E-state index contributed by atoms with van der Waals surface area (Å²) in [6, 6.07) is 9.84. The Morgan fingerprint density at radius 2 is 1.57 bits per heavy atom. The van der Waals surface area contributed by atoms with E-state index in [9.17, 15) is 51.3 Å². The van der Waals surface area contributed by atoms with Crippen LogP contribution < -0.4 is 31.3 Å². The number of nitrogens with one attached hydrogen (secondary N) is 5. The van der Waals surface area contributed by atoms with Gasteiger partial charge in [-0.15, -0.1) is 0 Å². The van der Waals surface area contributed by atoms with Crippen molar-refractivity contribution in [1.29, 1.82) is 0 Å². The lowest BCUT2D eigenvalue weighted by molar-refractivity contribution is -0.141. The smallest absolute Gasteiger partial charge is 0.305 e. The van der Waals surface area contributed by atoms with Gasteiger partial charge in [0.25, 0.3) is 16.0 Å². The van der Waals surface area contributed by atoms with Gasteiger partial charge in [0.2, 0.25) is 29.5 Å². The van der Waals surface area contributed by atoms with Gasteiger partial charge in [-0.3, -0.25) is 42.9 Å². The molecule has 0 bridgehead atoms. The number of methoxy groups -OCH3 is 1. The lowest BCUT2D eigenvalue weighted by Gasteiger charge is -2.29. The summed E-state index contributed by atoms with van der Waals surface area (Å²) in [6.07, 6.45) is 1.26. The number of nitrogens with zero attached hydrogens (tertiary/aromatic N) is 1. The van der Waals surface area contributed by atoms with Gasteiger partial charge in [-0.2, -0.15) is 8.42 Å². The van der Waals surface area contributed by atoms with Crippen molar-refractivity contribution in [3.8, 4) is 5.75 Å². The Morgan fingerprint density at radius 1 is 0.868 bits per heavy atom. The van der Waals surface area contributed by atoms with Gasteiger partial charge in [-0.25, -0.2) is 0 Å². The van der Waals surface area contributed by atoms with E-state index in [1.54, 1.807) is 43.3 Å². The minimum Gasteiger partial charge on any atom is -0.493 e. The van der Waals surface area contributed by atoms with Gasteiger partial charge in [0.05, 0.1) is 25.8 Å². The van der Waals surface area contributed by atoms with E-state index < -0.39 is 88.0 Å². The lowest BCUT2D eigenvalue weighted by atomic mass is 9.92. The van der Waals surface area contributed by atoms with Crippen molar-refractivity contribution in [1.82, 2.24) is 31.5 Å². The monoisotopic (exact) mass is 964 g/mol. The number of ether oxygens (including phenoxy) is 2. The zero-order valence-corrected chi connectivity index (χ0v) is 40.4. The Morgan fingerprint density at radius 3 is 2.22 bits per heavy atom. The molecular weight excluding hydrogens is 901 g/mol. The van der Waals surface area contributed by atoms with E-state index in [0.717, 1.165) is 5.39 Å². The Hall–Kier alpha value is -6.41. The van der Waals surface area contributed by atoms with Crippen LogP contribution in [-0.4, -0.2) is 123 Å². The topological polar surface area (TPSA) is 273 Å². The molecule has 6 N–H and O–H groups in total. The highest BCUT2D eigenvalue weighted by molar-refractivity contribution is 7.85. The summed E-state index contributed by atoms with van der Waals surface area (Å²) in [4.78, 5) is 108. The molecule has 370 valence electrons. The molecule has 0 saturated carbocycles. The van der Waals surface area contributed by atoms with Gasteiger partial charge >= 0.3 is 5.97 Å². The zero-order chi connectivity index (χ0) is 50.3. The molecule has 20 heteroatoms. The molecule has 0 aromatic heterocycles. The molecule has 0 aliphatic carbocycles. The Labute approximate surface area is 396 Å². The van der Waals surface area contributed by atoms with Crippen molar-refractivity contribution in [3.63, 3.8) is 0 Å². The summed E-state index contributed by atoms with van der Waals surface area (Å²) in [7, 11) is -3.24. The van der Waals surface area contributed by atoms with E-state index in [4.69, 9.17) is 9.47 Å². The molecule has 6 amide bonds. The fourth-order valence-corrected chi connectivity index (χ4v) is 8.89. The van der Waals surface area contributed by atoms with Crippen LogP contribution in [0.15, 0.2) is 54.6 Å². The number of benzene rings is 3. The Balaban J connectivity index is 1.49. The molecule has 1 aliphatic rings. The molecule has 1 fully saturated rings. The molecule has 4 atom stereocenters. The second-order valence-electron chi connectivity index (χ2n) is 17.4. The quantitative estimate of drug-likeness (QED) is 0.0429. The Kier molecular flexibility index (Phi) is 20.0. The van der Waals surface area contributed by atoms with E-state index in [2.05, 4.69) is 26.6 Å². The van der Waals surface area contributed by atoms with Crippen molar-refractivity contribution >= 4 is 68.6 Å². The van der Waals surface area contributed by atoms with Crippen molar-refractivity contribution in [2.75, 3.05) is 26.8 Å². The fourth-order valence-electron chi connectivity index (χ4n) is 8.23. The molecule has 3 aromatic rings. The second-order valence-corrected chi connectivity index (χ2v) is 18.9. The van der Waals surface area contributed by atoms with Crippen LogP contribution in [0.1, 0.15) is 105 Å². The van der Waals surface area contributed by atoms with E-state index in [-0.39, 0.29) is 85.6 Å². The van der Waals surface area contributed by atoms with Gasteiger partial charge in [-0.1, -0.05) is 70.2 Å². The molecule has 0 radical (unpaired) electrons. The van der Waals surface area contributed by atoms with E-state index in [1.165, 1.54) is 37.1 Å². The van der Waals surface area contributed by atoms with Crippen molar-refractivity contribution in [2.24, 2.45) is 11.8 Å². The van der Waals surface area contributed by atoms with Crippen LogP contribution in [0.3, 0.4) is 0 Å². The van der Waals surface area contributed by atoms with Crippen LogP contribution in [0.2, 0.25) is 0 Å². The maximum absolute atomic E-state index is 14.2. The molecule has 4 unspecified atom stereocenters. The summed E-state index contributed by atoms with van der Waals surface area (Å²) in [5.41, 5.74) is 0.423. The summed E-state index contributed by atoms with van der Waals surface area (Å²) in [5.74, 6) is -4.71. The maximum atomic E-state index is 14.2. The average Bonchev–Trinajstić information content (AvgIpc) is 3.79. The van der Waals surface area contributed by atoms with Crippen molar-refractivity contribution < 1.29 is 60.8 Å². The number of likely N-dealkylation sites (tertiary alicyclic amines) is 1. The normalized spacial score (nSPS) is 15.0. The number of esters is 1. The first kappa shape index (κ1) is 54.2. The zero-order valence-electron chi connectivity index (χ0n) is 39.6. The van der Waals surface area contributed by atoms with Crippen LogP contribution in [0, 0.1) is 11.8 Å². The molecular formula is C48H64N6O13S. The maximum Gasteiger partial charge on any atom is 0.305 e. The predicted molar refractivity (Wildman–Crippen MR) is 252 cm³/mol. The third kappa shape index (κ3) is 15.3. The van der Waals surface area contributed by atoms with Crippen LogP contribution in [0.25, 0.3) is 10.8 Å². The molecule has 3 aromatic carbocycles. The molecule has 19 nitrogen and oxygen atoms in total. The van der Waals surface area contributed by atoms with Crippen LogP contribution in [0.4, 0.5) is 0 Å². The minimum atomic E-state index is -4.49. The first-order valence-corrected chi connectivity index (χ1v) is 24.3. The van der Waals surface area contributed by atoms with Gasteiger partial charge < -0.3 is 41.0 Å². The molecule has 0 spiro atoms. The van der Waals surface area contributed by atoms with Crippen molar-refractivity contribution in [2.45, 2.75) is 116 Å². The first-order chi connectivity index (χ1) is 32.2. The van der Waals surface area contributed by atoms with Gasteiger partial charge in [0, 0.05) is 31.0 Å². The van der Waals surface area contributed by atoms with Gasteiger partial charge in [-0.05, 0) is 85.4 Å². The van der Waals surface area contributed by atoms with Gasteiger partial charge in [0.1, 0.15) is 42.0 Å². The fraction of sp³-hybridized carbons (Fsp3) is 0.500. The highest BCUT2D eigenvalue weighted by Crippen LogP contribution is 2.29. The number of hydrogen-bond acceptors (Lipinski definition) is 12. The third-order valence-corrected chi connectivity index (χ3v) is 12.4. The number of rotatable bonds is 24. The third-order valence-electron chi connectivity index (χ3n) is 11.7. The molecule has 1 saturated heterocycles. The van der Waals surface area contributed by atoms with E-state index in [1.807, 2.05) is 27.7 Å². The Bertz CT molecular complexity index is 2430. The number of fused-ring (bicyclic) bond motifs is 1. The van der Waals surface area contributed by atoms with Crippen LogP contribution in [0.5, 0.6) is 5.75 Å². The van der Waals surface area contributed by atoms with E-state index in [0.29, 0.717) is 23.7 Å². The number of carbonyl (C=O) groups excluding carboxylic acids is 8. The van der Waals surface area contributed by atoms with Crippen LogP contribution in [-0.2, 0) is 55.8 Å². The molecule has 68 heavy (non-hydrogen) atoms. The first-order valence-electron chi connectivity index (χ1n) is 22.7. The number of carbonyl (C=O) groups is 8. The molecule has 1 heterocycles. The summed E-state index contributed by atoms with van der Waals surface area (Å²) in [6.45, 7) is 10.9. The predicted octanol–water partition coefficient (Wildman–Crippen LogP) is 3.02. The van der Waals surface area contributed by atoms with Crippen LogP contribution >= 0.6 is 0 Å². The molecule has 4 rings (SSSR count). The number of aldehydes is 1. The summed E-state index contributed by atoms with van der Waals surface area (Å²) in [5, 5.41) is 14.9.